The Morgan fingerprint density at radius 1 is 1.33 bits per heavy atom. The first-order valence-electron chi connectivity index (χ1n) is 5.13. The number of rotatable bonds is 3. The van der Waals surface area contributed by atoms with Crippen molar-refractivity contribution in [3.63, 3.8) is 0 Å². The van der Waals surface area contributed by atoms with Crippen molar-refractivity contribution in [1.29, 1.82) is 0 Å². The lowest BCUT2D eigenvalue weighted by molar-refractivity contribution is -0.0508. The molecule has 1 heterocycles. The van der Waals surface area contributed by atoms with Crippen LogP contribution < -0.4 is 0 Å². The predicted molar refractivity (Wildman–Crippen MR) is 47.0 cm³/mol. The van der Waals surface area contributed by atoms with Crippen LogP contribution in [0.4, 0.5) is 0 Å². The largest absolute Gasteiger partial charge is 0.390 e. The molecular formula is C10H18O2. The van der Waals surface area contributed by atoms with Gasteiger partial charge in [-0.2, -0.15) is 0 Å². The summed E-state index contributed by atoms with van der Waals surface area (Å²) in [6, 6.07) is 0. The van der Waals surface area contributed by atoms with Crippen molar-refractivity contribution >= 4 is 0 Å². The fourth-order valence-electron chi connectivity index (χ4n) is 2.14. The van der Waals surface area contributed by atoms with Gasteiger partial charge in [0.15, 0.2) is 0 Å². The molecule has 1 aliphatic carbocycles. The van der Waals surface area contributed by atoms with Gasteiger partial charge in [0.05, 0.1) is 11.7 Å². The van der Waals surface area contributed by atoms with E-state index in [2.05, 4.69) is 0 Å². The van der Waals surface area contributed by atoms with Crippen LogP contribution in [-0.2, 0) is 4.74 Å². The van der Waals surface area contributed by atoms with Gasteiger partial charge in [-0.1, -0.05) is 0 Å². The molecule has 1 atom stereocenters. The molecule has 0 spiro atoms. The molecule has 2 nitrogen and oxygen atoms in total. The van der Waals surface area contributed by atoms with E-state index in [1.165, 1.54) is 19.3 Å². The van der Waals surface area contributed by atoms with E-state index in [-0.39, 0.29) is 5.60 Å². The molecule has 1 unspecified atom stereocenters. The second kappa shape index (κ2) is 3.35. The minimum Gasteiger partial charge on any atom is -0.390 e. The molecule has 0 aromatic rings. The SMILES string of the molecule is OC1(CCC2CCCO2)CCC1. The second-order valence-electron chi connectivity index (χ2n) is 4.25. The van der Waals surface area contributed by atoms with E-state index in [1.54, 1.807) is 0 Å². The van der Waals surface area contributed by atoms with Gasteiger partial charge >= 0.3 is 0 Å². The third kappa shape index (κ3) is 1.80. The van der Waals surface area contributed by atoms with Gasteiger partial charge in [-0.3, -0.25) is 0 Å². The molecule has 0 radical (unpaired) electrons. The molecule has 12 heavy (non-hydrogen) atoms. The van der Waals surface area contributed by atoms with Crippen LogP contribution in [0.2, 0.25) is 0 Å². The monoisotopic (exact) mass is 170 g/mol. The summed E-state index contributed by atoms with van der Waals surface area (Å²) in [6.45, 7) is 0.934. The minimum atomic E-state index is -0.300. The molecule has 2 heteroatoms. The fourth-order valence-corrected chi connectivity index (χ4v) is 2.14. The van der Waals surface area contributed by atoms with E-state index in [9.17, 15) is 5.11 Å². The molecule has 1 saturated heterocycles. The lowest BCUT2D eigenvalue weighted by atomic mass is 9.76. The number of ether oxygens (including phenoxy) is 1. The summed E-state index contributed by atoms with van der Waals surface area (Å²) < 4.78 is 5.51. The third-order valence-corrected chi connectivity index (χ3v) is 3.24. The zero-order chi connectivity index (χ0) is 8.44. The second-order valence-corrected chi connectivity index (χ2v) is 4.25. The predicted octanol–water partition coefficient (Wildman–Crippen LogP) is 1.86. The Labute approximate surface area is 73.9 Å². The van der Waals surface area contributed by atoms with Gasteiger partial charge in [-0.05, 0) is 44.9 Å². The average molecular weight is 170 g/mol. The molecule has 2 fully saturated rings. The Morgan fingerprint density at radius 3 is 2.67 bits per heavy atom. The summed E-state index contributed by atoms with van der Waals surface area (Å²) in [5, 5.41) is 9.81. The first-order chi connectivity index (χ1) is 5.79. The van der Waals surface area contributed by atoms with Gasteiger partial charge in [0, 0.05) is 6.61 Å². The van der Waals surface area contributed by atoms with Crippen LogP contribution in [0.3, 0.4) is 0 Å². The maximum Gasteiger partial charge on any atom is 0.0648 e. The van der Waals surface area contributed by atoms with E-state index in [0.717, 1.165) is 32.3 Å². The zero-order valence-corrected chi connectivity index (χ0v) is 7.59. The van der Waals surface area contributed by atoms with Crippen LogP contribution >= 0.6 is 0 Å². The highest BCUT2D eigenvalue weighted by Crippen LogP contribution is 2.36. The van der Waals surface area contributed by atoms with Crippen LogP contribution in [-0.4, -0.2) is 23.4 Å². The quantitative estimate of drug-likeness (QED) is 0.700. The normalized spacial score (nSPS) is 33.2. The molecule has 1 aliphatic heterocycles. The maximum atomic E-state index is 9.81. The summed E-state index contributed by atoms with van der Waals surface area (Å²) in [5.74, 6) is 0. The molecule has 0 aromatic heterocycles. The molecule has 2 rings (SSSR count). The molecule has 0 amide bonds. The highest BCUT2D eigenvalue weighted by Gasteiger charge is 2.34. The Morgan fingerprint density at radius 2 is 2.17 bits per heavy atom. The molecule has 2 aliphatic rings. The minimum absolute atomic E-state index is 0.300. The maximum absolute atomic E-state index is 9.81. The molecule has 1 saturated carbocycles. The average Bonchev–Trinajstić information content (AvgIpc) is 2.49. The van der Waals surface area contributed by atoms with Gasteiger partial charge in [0.2, 0.25) is 0 Å². The highest BCUT2D eigenvalue weighted by molar-refractivity contribution is 4.88. The lowest BCUT2D eigenvalue weighted by Gasteiger charge is -2.37. The van der Waals surface area contributed by atoms with Crippen molar-refractivity contribution in [2.45, 2.75) is 56.7 Å². The molecule has 0 aromatic carbocycles. The summed E-state index contributed by atoms with van der Waals surface area (Å²) in [6.07, 6.45) is 8.13. The van der Waals surface area contributed by atoms with Gasteiger partial charge in [0.1, 0.15) is 0 Å². The molecular weight excluding hydrogens is 152 g/mol. The summed E-state index contributed by atoms with van der Waals surface area (Å²) in [4.78, 5) is 0. The van der Waals surface area contributed by atoms with Gasteiger partial charge in [0.25, 0.3) is 0 Å². The van der Waals surface area contributed by atoms with Crippen molar-refractivity contribution in [1.82, 2.24) is 0 Å². The zero-order valence-electron chi connectivity index (χ0n) is 7.59. The van der Waals surface area contributed by atoms with Crippen molar-refractivity contribution in [3.05, 3.63) is 0 Å². The van der Waals surface area contributed by atoms with E-state index in [1.807, 2.05) is 0 Å². The van der Waals surface area contributed by atoms with Crippen LogP contribution in [0.15, 0.2) is 0 Å². The Kier molecular flexibility index (Phi) is 2.37. The van der Waals surface area contributed by atoms with E-state index < -0.39 is 0 Å². The van der Waals surface area contributed by atoms with Crippen LogP contribution in [0.5, 0.6) is 0 Å². The smallest absolute Gasteiger partial charge is 0.0648 e. The number of hydrogen-bond donors (Lipinski definition) is 1. The van der Waals surface area contributed by atoms with Crippen LogP contribution in [0.25, 0.3) is 0 Å². The van der Waals surface area contributed by atoms with Crippen molar-refractivity contribution < 1.29 is 9.84 Å². The van der Waals surface area contributed by atoms with E-state index >= 15 is 0 Å². The standard InChI is InChI=1S/C10H18O2/c11-10(5-2-6-10)7-4-9-3-1-8-12-9/h9,11H,1-8H2. The summed E-state index contributed by atoms with van der Waals surface area (Å²) in [7, 11) is 0. The van der Waals surface area contributed by atoms with Crippen molar-refractivity contribution in [3.8, 4) is 0 Å². The highest BCUT2D eigenvalue weighted by atomic mass is 16.5. The van der Waals surface area contributed by atoms with Crippen LogP contribution in [0.1, 0.15) is 44.9 Å². The Hall–Kier alpha value is -0.0800. The Bertz CT molecular complexity index is 146. The van der Waals surface area contributed by atoms with Gasteiger partial charge < -0.3 is 9.84 Å². The first kappa shape index (κ1) is 8.52. The summed E-state index contributed by atoms with van der Waals surface area (Å²) in [5.41, 5.74) is -0.300. The molecule has 0 bridgehead atoms. The Balaban J connectivity index is 1.67. The third-order valence-electron chi connectivity index (χ3n) is 3.24. The van der Waals surface area contributed by atoms with E-state index in [0.29, 0.717) is 6.10 Å². The fraction of sp³-hybridized carbons (Fsp3) is 1.00. The summed E-state index contributed by atoms with van der Waals surface area (Å²) >= 11 is 0. The van der Waals surface area contributed by atoms with Gasteiger partial charge in [-0.15, -0.1) is 0 Å². The lowest BCUT2D eigenvalue weighted by Crippen LogP contribution is -2.37. The van der Waals surface area contributed by atoms with E-state index in [4.69, 9.17) is 4.74 Å². The molecule has 1 N–H and O–H groups in total. The first-order valence-corrected chi connectivity index (χ1v) is 5.13. The van der Waals surface area contributed by atoms with Crippen molar-refractivity contribution in [2.75, 3.05) is 6.61 Å². The number of aliphatic hydroxyl groups is 1. The number of hydrogen-bond acceptors (Lipinski definition) is 2. The van der Waals surface area contributed by atoms with Crippen molar-refractivity contribution in [2.24, 2.45) is 0 Å². The van der Waals surface area contributed by atoms with Gasteiger partial charge in [-0.25, -0.2) is 0 Å². The van der Waals surface area contributed by atoms with Crippen LogP contribution in [0, 0.1) is 0 Å². The topological polar surface area (TPSA) is 29.5 Å². The molecule has 70 valence electrons.